The number of hydrogen-bond donors (Lipinski definition) is 0. The van der Waals surface area contributed by atoms with E-state index in [4.69, 9.17) is 32.0 Å². The Bertz CT molecular complexity index is 2040. The summed E-state index contributed by atoms with van der Waals surface area (Å²) in [6.07, 6.45) is -10.9. The molecule has 0 aliphatic rings. The zero-order valence-corrected chi connectivity index (χ0v) is 30.8. The van der Waals surface area contributed by atoms with E-state index in [1.54, 1.807) is 0 Å². The van der Waals surface area contributed by atoms with E-state index in [-0.39, 0.29) is 24.3 Å². The zero-order chi connectivity index (χ0) is 37.1. The van der Waals surface area contributed by atoms with Crippen molar-refractivity contribution in [2.45, 2.75) is 36.6 Å². The molecule has 0 atom stereocenters. The second-order valence-electron chi connectivity index (χ2n) is 8.92. The van der Waals surface area contributed by atoms with Crippen LogP contribution in [0.2, 0.25) is 0 Å². The largest absolute Gasteiger partial charge is 0.475 e. The van der Waals surface area contributed by atoms with Crippen LogP contribution < -0.4 is 25.4 Å². The molecule has 48 heavy (non-hydrogen) atoms. The lowest BCUT2D eigenvalue weighted by Crippen LogP contribution is -2.41. The summed E-state index contributed by atoms with van der Waals surface area (Å²) in [6, 6.07) is 5.46. The van der Waals surface area contributed by atoms with Gasteiger partial charge in [0.2, 0.25) is 0 Å². The van der Waals surface area contributed by atoms with Crippen molar-refractivity contribution < 1.29 is 74.4 Å². The Morgan fingerprint density at radius 3 is 1.23 bits per heavy atom. The molecule has 0 bridgehead atoms. The van der Waals surface area contributed by atoms with E-state index in [0.717, 1.165) is 18.2 Å². The third-order valence-electron chi connectivity index (χ3n) is 5.71. The van der Waals surface area contributed by atoms with Crippen molar-refractivity contribution in [1.82, 2.24) is 0 Å². The van der Waals surface area contributed by atoms with Gasteiger partial charge >= 0.3 is 21.9 Å². The van der Waals surface area contributed by atoms with Crippen LogP contribution in [0.1, 0.15) is 0 Å². The van der Waals surface area contributed by atoms with Crippen LogP contribution >= 0.6 is 71.0 Å². The van der Waals surface area contributed by atoms with Crippen molar-refractivity contribution in [3.63, 3.8) is 0 Å². The minimum absolute atomic E-state index is 0.252. The van der Waals surface area contributed by atoms with E-state index < -0.39 is 98.3 Å². The molecule has 0 saturated carbocycles. The smallest absolute Gasteiger partial charge is 0.426 e. The summed E-state index contributed by atoms with van der Waals surface area (Å²) in [4.78, 5) is -14.0. The maximum atomic E-state index is 15.0. The first-order valence-corrected chi connectivity index (χ1v) is 21.7. The quantitative estimate of drug-likeness (QED) is 0.0812. The molecule has 3 aromatic carbocycles. The van der Waals surface area contributed by atoms with Crippen LogP contribution in [-0.4, -0.2) is 47.1 Å². The van der Waals surface area contributed by atoms with Gasteiger partial charge in [0.1, 0.15) is 21.3 Å². The van der Waals surface area contributed by atoms with Gasteiger partial charge in [0.25, 0.3) is 27.2 Å². The Labute approximate surface area is 295 Å². The highest BCUT2D eigenvalue weighted by Crippen LogP contribution is 2.48. The molecule has 0 amide bonds. The molecular formula is C22H10Br2Cl3F8O9PS3. The van der Waals surface area contributed by atoms with Gasteiger partial charge in [-0.3, -0.25) is 0 Å². The van der Waals surface area contributed by atoms with Gasteiger partial charge in [-0.15, -0.1) is 0 Å². The lowest BCUT2D eigenvalue weighted by molar-refractivity contribution is -0.267. The molecule has 3 aromatic rings. The SMILES string of the molecule is O=P(c1cccc(S(=O)(=O)Cl)c1)(c1ccc(OC(F)(F)C(F)(F)Br)c(S(=O)(=O)Cl)c1)c1ccc(OC(F)(F)C(F)(F)Br)c(S(=O)(=O)Cl)c1. The molecule has 0 saturated heterocycles. The molecule has 0 unspecified atom stereocenters. The van der Waals surface area contributed by atoms with Gasteiger partial charge < -0.3 is 14.0 Å². The Kier molecular flexibility index (Phi) is 11.4. The van der Waals surface area contributed by atoms with Crippen molar-refractivity contribution >= 4 is 114 Å². The fraction of sp³-hybridized carbons (Fsp3) is 0.182. The normalized spacial score (nSPS) is 14.1. The monoisotopic (exact) mass is 960 g/mol. The molecule has 0 aliphatic carbocycles. The van der Waals surface area contributed by atoms with E-state index in [2.05, 4.69) is 9.47 Å². The molecule has 0 spiro atoms. The van der Waals surface area contributed by atoms with Crippen LogP contribution in [0.25, 0.3) is 0 Å². The molecule has 0 radical (unpaired) electrons. The first kappa shape index (κ1) is 41.0. The summed E-state index contributed by atoms with van der Waals surface area (Å²) in [5, 5.41) is -2.36. The van der Waals surface area contributed by atoms with Gasteiger partial charge in [0, 0.05) is 79.8 Å². The lowest BCUT2D eigenvalue weighted by Gasteiger charge is -2.25. The predicted molar refractivity (Wildman–Crippen MR) is 164 cm³/mol. The fourth-order valence-electron chi connectivity index (χ4n) is 3.61. The molecule has 0 fully saturated rings. The zero-order valence-electron chi connectivity index (χ0n) is 22.0. The molecule has 9 nitrogen and oxygen atoms in total. The van der Waals surface area contributed by atoms with Crippen LogP contribution in [0, 0.1) is 0 Å². The first-order valence-electron chi connectivity index (χ1n) is 11.4. The highest BCUT2D eigenvalue weighted by molar-refractivity contribution is 9.10. The van der Waals surface area contributed by atoms with E-state index in [1.807, 2.05) is 0 Å². The van der Waals surface area contributed by atoms with Gasteiger partial charge in [0.15, 0.2) is 7.14 Å². The Morgan fingerprint density at radius 2 is 0.917 bits per heavy atom. The Hall–Kier alpha value is -1.39. The average molecular weight is 964 g/mol. The second-order valence-corrected chi connectivity index (χ2v) is 21.3. The summed E-state index contributed by atoms with van der Waals surface area (Å²) in [6.45, 7) is 0. The number of alkyl halides is 10. The summed E-state index contributed by atoms with van der Waals surface area (Å²) in [7, 11) is -4.23. The van der Waals surface area contributed by atoms with Gasteiger partial charge in [-0.25, -0.2) is 25.3 Å². The Morgan fingerprint density at radius 1 is 0.562 bits per heavy atom. The van der Waals surface area contributed by atoms with Gasteiger partial charge in [-0.1, -0.05) is 12.1 Å². The molecule has 0 N–H and O–H groups in total. The third kappa shape index (κ3) is 8.72. The highest BCUT2D eigenvalue weighted by Gasteiger charge is 2.59. The fourth-order valence-corrected chi connectivity index (χ4v) is 9.49. The molecule has 26 heteroatoms. The van der Waals surface area contributed by atoms with E-state index >= 15 is 4.57 Å². The number of benzene rings is 3. The van der Waals surface area contributed by atoms with Crippen molar-refractivity contribution in [2.24, 2.45) is 0 Å². The maximum absolute atomic E-state index is 15.0. The van der Waals surface area contributed by atoms with E-state index in [0.29, 0.717) is 18.2 Å². The summed E-state index contributed by atoms with van der Waals surface area (Å²) < 4.78 is 206. The van der Waals surface area contributed by atoms with Crippen LogP contribution in [-0.2, 0) is 31.7 Å². The molecule has 0 heterocycles. The highest BCUT2D eigenvalue weighted by atomic mass is 79.9. The van der Waals surface area contributed by atoms with Crippen LogP contribution in [0.5, 0.6) is 11.5 Å². The van der Waals surface area contributed by atoms with Gasteiger partial charge in [-0.2, -0.15) is 35.1 Å². The minimum atomic E-state index is -5.44. The summed E-state index contributed by atoms with van der Waals surface area (Å²) >= 11 is 2.73. The molecular weight excluding hydrogens is 954 g/mol. The van der Waals surface area contributed by atoms with Crippen LogP contribution in [0.4, 0.5) is 35.1 Å². The predicted octanol–water partition coefficient (Wildman–Crippen LogP) is 7.03. The van der Waals surface area contributed by atoms with Crippen molar-refractivity contribution in [3.05, 3.63) is 60.7 Å². The molecule has 0 aromatic heterocycles. The van der Waals surface area contributed by atoms with Crippen molar-refractivity contribution in [2.75, 3.05) is 0 Å². The summed E-state index contributed by atoms with van der Waals surface area (Å²) in [5.74, 6) is -3.07. The number of ether oxygens (including phenoxy) is 2. The van der Waals surface area contributed by atoms with E-state index in [9.17, 15) is 60.4 Å². The van der Waals surface area contributed by atoms with Crippen molar-refractivity contribution in [1.29, 1.82) is 0 Å². The lowest BCUT2D eigenvalue weighted by atomic mass is 10.3. The first-order chi connectivity index (χ1) is 21.3. The second kappa shape index (κ2) is 13.3. The molecule has 3 rings (SSSR count). The van der Waals surface area contributed by atoms with E-state index in [1.165, 1.54) is 31.9 Å². The van der Waals surface area contributed by atoms with Crippen molar-refractivity contribution in [3.8, 4) is 11.5 Å². The maximum Gasteiger partial charge on any atom is 0.475 e. The standard InChI is InChI=1S/C22H10Br2Cl3F8O9PS3/c23-19(28,29)21(32,33)43-15-6-4-12(9-17(15)47(26,39)40)45(36,11-2-1-3-14(8-11)46(25,37)38)13-5-7-16(18(10-13)48(27,41)42)44-22(34,35)20(24,30)31/h1-10H. The topological polar surface area (TPSA) is 138 Å². The molecule has 266 valence electrons. The number of rotatable bonds is 12. The van der Waals surface area contributed by atoms with Gasteiger partial charge in [0.05, 0.1) is 4.90 Å². The molecule has 0 aliphatic heterocycles. The Balaban J connectivity index is 2.48. The van der Waals surface area contributed by atoms with Crippen LogP contribution in [0.15, 0.2) is 75.4 Å². The average Bonchev–Trinajstić information content (AvgIpc) is 2.89. The minimum Gasteiger partial charge on any atom is -0.426 e. The summed E-state index contributed by atoms with van der Waals surface area (Å²) in [5.41, 5.74) is 0. The van der Waals surface area contributed by atoms with Crippen LogP contribution in [0.3, 0.4) is 0 Å². The third-order valence-corrected chi connectivity index (χ3v) is 13.7. The number of halogens is 13. The van der Waals surface area contributed by atoms with Gasteiger partial charge in [-0.05, 0) is 48.5 Å². The number of hydrogen-bond acceptors (Lipinski definition) is 9.